The van der Waals surface area contributed by atoms with E-state index in [2.05, 4.69) is 11.4 Å². The monoisotopic (exact) mass is 311 g/mol. The summed E-state index contributed by atoms with van der Waals surface area (Å²) >= 11 is 0. The second kappa shape index (κ2) is 8.37. The third-order valence-electron chi connectivity index (χ3n) is 3.95. The molecule has 0 heterocycles. The highest BCUT2D eigenvalue weighted by atomic mass is 16.5. The summed E-state index contributed by atoms with van der Waals surface area (Å²) in [5.74, 6) is 0.932. The SMILES string of the molecule is CCOc1ccccc1CCCNC(=O)c1ccc(C)c(C)c1. The van der Waals surface area contributed by atoms with Gasteiger partial charge in [0.1, 0.15) is 5.75 Å². The normalized spacial score (nSPS) is 10.4. The second-order valence-corrected chi connectivity index (χ2v) is 5.70. The Hall–Kier alpha value is -2.29. The zero-order valence-electron chi connectivity index (χ0n) is 14.2. The van der Waals surface area contributed by atoms with Gasteiger partial charge in [-0.05, 0) is 68.5 Å². The summed E-state index contributed by atoms with van der Waals surface area (Å²) in [6.07, 6.45) is 1.78. The van der Waals surface area contributed by atoms with Crippen LogP contribution in [-0.4, -0.2) is 19.1 Å². The zero-order chi connectivity index (χ0) is 16.7. The molecule has 2 aromatic rings. The van der Waals surface area contributed by atoms with Crippen molar-refractivity contribution < 1.29 is 9.53 Å². The standard InChI is InChI=1S/C20H25NO2/c1-4-23-19-10-6-5-8-17(19)9-7-13-21-20(22)18-12-11-15(2)16(3)14-18/h5-6,8,10-12,14H,4,7,9,13H2,1-3H3,(H,21,22). The Balaban J connectivity index is 1.83. The highest BCUT2D eigenvalue weighted by molar-refractivity contribution is 5.94. The molecule has 0 bridgehead atoms. The number of carbonyl (C=O) groups excluding carboxylic acids is 1. The van der Waals surface area contributed by atoms with Crippen molar-refractivity contribution in [3.8, 4) is 5.75 Å². The minimum absolute atomic E-state index is 0.00815. The molecular weight excluding hydrogens is 286 g/mol. The molecule has 23 heavy (non-hydrogen) atoms. The number of amides is 1. The minimum Gasteiger partial charge on any atom is -0.494 e. The molecule has 0 aromatic heterocycles. The fourth-order valence-corrected chi connectivity index (χ4v) is 2.47. The molecule has 1 N–H and O–H groups in total. The van der Waals surface area contributed by atoms with Gasteiger partial charge in [0.05, 0.1) is 6.61 Å². The van der Waals surface area contributed by atoms with Crippen molar-refractivity contribution >= 4 is 5.91 Å². The fourth-order valence-electron chi connectivity index (χ4n) is 2.47. The van der Waals surface area contributed by atoms with Crippen molar-refractivity contribution in [2.45, 2.75) is 33.6 Å². The van der Waals surface area contributed by atoms with Crippen molar-refractivity contribution in [3.05, 3.63) is 64.7 Å². The molecular formula is C20H25NO2. The predicted molar refractivity (Wildman–Crippen MR) is 94.2 cm³/mol. The van der Waals surface area contributed by atoms with Crippen LogP contribution in [0, 0.1) is 13.8 Å². The van der Waals surface area contributed by atoms with Crippen LogP contribution in [0.2, 0.25) is 0 Å². The van der Waals surface area contributed by atoms with E-state index < -0.39 is 0 Å². The van der Waals surface area contributed by atoms with Gasteiger partial charge in [-0.15, -0.1) is 0 Å². The van der Waals surface area contributed by atoms with Gasteiger partial charge in [-0.25, -0.2) is 0 Å². The summed E-state index contributed by atoms with van der Waals surface area (Å²) in [5, 5.41) is 2.99. The van der Waals surface area contributed by atoms with E-state index in [-0.39, 0.29) is 5.91 Å². The van der Waals surface area contributed by atoms with Crippen molar-refractivity contribution in [2.75, 3.05) is 13.2 Å². The van der Waals surface area contributed by atoms with E-state index in [0.29, 0.717) is 13.2 Å². The van der Waals surface area contributed by atoms with Crippen LogP contribution in [0.5, 0.6) is 5.75 Å². The van der Waals surface area contributed by atoms with Crippen LogP contribution in [-0.2, 0) is 6.42 Å². The van der Waals surface area contributed by atoms with E-state index in [0.717, 1.165) is 29.7 Å². The van der Waals surface area contributed by atoms with Gasteiger partial charge in [0.25, 0.3) is 5.91 Å². The molecule has 0 saturated carbocycles. The molecule has 0 spiro atoms. The quantitative estimate of drug-likeness (QED) is 0.783. The van der Waals surface area contributed by atoms with Crippen LogP contribution >= 0.6 is 0 Å². The van der Waals surface area contributed by atoms with E-state index in [1.54, 1.807) is 0 Å². The summed E-state index contributed by atoms with van der Waals surface area (Å²) in [4.78, 5) is 12.2. The first-order valence-corrected chi connectivity index (χ1v) is 8.18. The van der Waals surface area contributed by atoms with Gasteiger partial charge in [-0.2, -0.15) is 0 Å². The molecule has 1 amide bonds. The average Bonchev–Trinajstić information content (AvgIpc) is 2.55. The number of ether oxygens (including phenoxy) is 1. The number of carbonyl (C=O) groups is 1. The Labute approximate surface area is 138 Å². The third-order valence-corrected chi connectivity index (χ3v) is 3.95. The number of benzene rings is 2. The lowest BCUT2D eigenvalue weighted by molar-refractivity contribution is 0.0953. The largest absolute Gasteiger partial charge is 0.494 e. The number of aryl methyl sites for hydroxylation is 3. The van der Waals surface area contributed by atoms with Crippen LogP contribution in [0.1, 0.15) is 40.4 Å². The van der Waals surface area contributed by atoms with E-state index in [1.807, 2.05) is 57.2 Å². The van der Waals surface area contributed by atoms with Gasteiger partial charge < -0.3 is 10.1 Å². The van der Waals surface area contributed by atoms with E-state index >= 15 is 0 Å². The van der Waals surface area contributed by atoms with E-state index in [9.17, 15) is 4.79 Å². The molecule has 3 nitrogen and oxygen atoms in total. The molecule has 0 aliphatic heterocycles. The molecule has 2 rings (SSSR count). The predicted octanol–water partition coefficient (Wildman–Crippen LogP) is 4.06. The molecule has 0 fully saturated rings. The molecule has 0 aliphatic carbocycles. The minimum atomic E-state index is -0.00815. The Morgan fingerprint density at radius 2 is 1.87 bits per heavy atom. The smallest absolute Gasteiger partial charge is 0.251 e. The molecule has 0 atom stereocenters. The topological polar surface area (TPSA) is 38.3 Å². The lowest BCUT2D eigenvalue weighted by Gasteiger charge is -2.10. The number of rotatable bonds is 7. The Morgan fingerprint density at radius 1 is 1.09 bits per heavy atom. The van der Waals surface area contributed by atoms with Crippen molar-refractivity contribution in [2.24, 2.45) is 0 Å². The van der Waals surface area contributed by atoms with Crippen LogP contribution < -0.4 is 10.1 Å². The molecule has 3 heteroatoms. The number of para-hydroxylation sites is 1. The fraction of sp³-hybridized carbons (Fsp3) is 0.350. The summed E-state index contributed by atoms with van der Waals surface area (Å²) in [6.45, 7) is 7.39. The van der Waals surface area contributed by atoms with Gasteiger partial charge >= 0.3 is 0 Å². The first kappa shape index (κ1) is 17.1. The molecule has 0 saturated heterocycles. The average molecular weight is 311 g/mol. The highest BCUT2D eigenvalue weighted by Gasteiger charge is 2.07. The summed E-state index contributed by atoms with van der Waals surface area (Å²) in [6, 6.07) is 13.9. The van der Waals surface area contributed by atoms with Crippen molar-refractivity contribution in [3.63, 3.8) is 0 Å². The molecule has 0 radical (unpaired) electrons. The lowest BCUT2D eigenvalue weighted by atomic mass is 10.1. The van der Waals surface area contributed by atoms with Crippen LogP contribution in [0.4, 0.5) is 0 Å². The van der Waals surface area contributed by atoms with Crippen LogP contribution in [0.25, 0.3) is 0 Å². The van der Waals surface area contributed by atoms with E-state index in [4.69, 9.17) is 4.74 Å². The number of hydrogen-bond acceptors (Lipinski definition) is 2. The first-order chi connectivity index (χ1) is 11.1. The maximum atomic E-state index is 12.2. The van der Waals surface area contributed by atoms with Crippen molar-refractivity contribution in [1.82, 2.24) is 5.32 Å². The van der Waals surface area contributed by atoms with Gasteiger partial charge in [0, 0.05) is 12.1 Å². The lowest BCUT2D eigenvalue weighted by Crippen LogP contribution is -2.24. The molecule has 0 unspecified atom stereocenters. The summed E-state index contributed by atoms with van der Waals surface area (Å²) in [7, 11) is 0. The Bertz CT molecular complexity index is 664. The highest BCUT2D eigenvalue weighted by Crippen LogP contribution is 2.19. The maximum absolute atomic E-state index is 12.2. The molecule has 2 aromatic carbocycles. The number of hydrogen-bond donors (Lipinski definition) is 1. The zero-order valence-corrected chi connectivity index (χ0v) is 14.2. The van der Waals surface area contributed by atoms with Gasteiger partial charge in [-0.3, -0.25) is 4.79 Å². The van der Waals surface area contributed by atoms with Gasteiger partial charge in [0.15, 0.2) is 0 Å². The van der Waals surface area contributed by atoms with Crippen molar-refractivity contribution in [1.29, 1.82) is 0 Å². The van der Waals surface area contributed by atoms with Crippen LogP contribution in [0.3, 0.4) is 0 Å². The maximum Gasteiger partial charge on any atom is 0.251 e. The Morgan fingerprint density at radius 3 is 2.61 bits per heavy atom. The van der Waals surface area contributed by atoms with E-state index in [1.165, 1.54) is 11.1 Å². The van der Waals surface area contributed by atoms with Crippen LogP contribution in [0.15, 0.2) is 42.5 Å². The summed E-state index contributed by atoms with van der Waals surface area (Å²) in [5.41, 5.74) is 4.26. The van der Waals surface area contributed by atoms with Gasteiger partial charge in [0.2, 0.25) is 0 Å². The number of nitrogens with one attached hydrogen (secondary N) is 1. The summed E-state index contributed by atoms with van der Waals surface area (Å²) < 4.78 is 5.62. The van der Waals surface area contributed by atoms with Gasteiger partial charge in [-0.1, -0.05) is 24.3 Å². The second-order valence-electron chi connectivity index (χ2n) is 5.70. The Kier molecular flexibility index (Phi) is 6.21. The third kappa shape index (κ3) is 4.85. The molecule has 0 aliphatic rings. The first-order valence-electron chi connectivity index (χ1n) is 8.18. The molecule has 122 valence electrons.